The Morgan fingerprint density at radius 2 is 2.10 bits per heavy atom. The molecule has 1 aromatic rings. The SMILES string of the molecule is CCNC(=NCC(C)CSc1ccccc1OC)N1CCC(N2CCOCC2)C1. The van der Waals surface area contributed by atoms with Crippen LogP contribution in [0.4, 0.5) is 0 Å². The number of hydrogen-bond donors (Lipinski definition) is 1. The zero-order chi connectivity index (χ0) is 20.5. The summed E-state index contributed by atoms with van der Waals surface area (Å²) in [5.41, 5.74) is 0. The molecule has 2 aliphatic rings. The highest BCUT2D eigenvalue weighted by Gasteiger charge is 2.30. The highest BCUT2D eigenvalue weighted by Crippen LogP contribution is 2.30. The number of likely N-dealkylation sites (tertiary alicyclic amines) is 1. The lowest BCUT2D eigenvalue weighted by Crippen LogP contribution is -2.46. The van der Waals surface area contributed by atoms with Crippen molar-refractivity contribution in [2.24, 2.45) is 10.9 Å². The van der Waals surface area contributed by atoms with Gasteiger partial charge in [-0.25, -0.2) is 0 Å². The van der Waals surface area contributed by atoms with E-state index in [4.69, 9.17) is 14.5 Å². The van der Waals surface area contributed by atoms with E-state index in [9.17, 15) is 0 Å². The zero-order valence-corrected chi connectivity index (χ0v) is 18.9. The van der Waals surface area contributed by atoms with Crippen LogP contribution in [-0.2, 0) is 4.74 Å². The standard InChI is InChI=1S/C22H36N4O2S/c1-4-23-22(26-10-9-19(16-26)25-11-13-28-14-12-25)24-15-18(2)17-29-21-8-6-5-7-20(21)27-3/h5-8,18-19H,4,9-17H2,1-3H3,(H,23,24). The van der Waals surface area contributed by atoms with Gasteiger partial charge in [0, 0.05) is 56.0 Å². The number of methoxy groups -OCH3 is 1. The molecule has 3 rings (SSSR count). The third kappa shape index (κ3) is 6.52. The second-order valence-electron chi connectivity index (χ2n) is 7.80. The molecule has 0 radical (unpaired) electrons. The van der Waals surface area contributed by atoms with E-state index in [1.54, 1.807) is 7.11 Å². The molecule has 29 heavy (non-hydrogen) atoms. The average Bonchev–Trinajstić information content (AvgIpc) is 3.26. The van der Waals surface area contributed by atoms with Crippen molar-refractivity contribution in [3.63, 3.8) is 0 Å². The van der Waals surface area contributed by atoms with E-state index in [0.717, 1.165) is 69.9 Å². The Morgan fingerprint density at radius 1 is 1.31 bits per heavy atom. The number of benzene rings is 1. The number of nitrogens with one attached hydrogen (secondary N) is 1. The first-order valence-corrected chi connectivity index (χ1v) is 11.8. The minimum absolute atomic E-state index is 0.496. The maximum absolute atomic E-state index is 5.51. The molecule has 0 amide bonds. The molecule has 0 saturated carbocycles. The second-order valence-corrected chi connectivity index (χ2v) is 8.86. The maximum Gasteiger partial charge on any atom is 0.193 e. The summed E-state index contributed by atoms with van der Waals surface area (Å²) < 4.78 is 11.0. The lowest BCUT2D eigenvalue weighted by atomic mass is 10.2. The second kappa shape index (κ2) is 11.7. The molecular formula is C22H36N4O2S. The van der Waals surface area contributed by atoms with Crippen molar-refractivity contribution < 1.29 is 9.47 Å². The first-order valence-electron chi connectivity index (χ1n) is 10.8. The van der Waals surface area contributed by atoms with Gasteiger partial charge in [-0.15, -0.1) is 11.8 Å². The van der Waals surface area contributed by atoms with Crippen molar-refractivity contribution in [2.75, 3.05) is 65.3 Å². The molecule has 2 saturated heterocycles. The van der Waals surface area contributed by atoms with E-state index in [0.29, 0.717) is 12.0 Å². The summed E-state index contributed by atoms with van der Waals surface area (Å²) in [5, 5.41) is 3.50. The molecule has 0 spiro atoms. The zero-order valence-electron chi connectivity index (χ0n) is 18.1. The van der Waals surface area contributed by atoms with E-state index in [2.05, 4.69) is 41.1 Å². The van der Waals surface area contributed by atoms with Crippen LogP contribution in [0, 0.1) is 5.92 Å². The van der Waals surface area contributed by atoms with Crippen molar-refractivity contribution in [2.45, 2.75) is 31.2 Å². The summed E-state index contributed by atoms with van der Waals surface area (Å²) in [6.07, 6.45) is 1.21. The van der Waals surface area contributed by atoms with Gasteiger partial charge in [0.2, 0.25) is 0 Å². The summed E-state index contributed by atoms with van der Waals surface area (Å²) in [6.45, 7) is 12.2. The molecule has 2 aliphatic heterocycles. The van der Waals surface area contributed by atoms with Crippen LogP contribution in [0.1, 0.15) is 20.3 Å². The third-order valence-corrected chi connectivity index (χ3v) is 6.89. The fourth-order valence-electron chi connectivity index (χ4n) is 3.87. The van der Waals surface area contributed by atoms with Crippen LogP contribution in [0.25, 0.3) is 0 Å². The Kier molecular flexibility index (Phi) is 8.95. The minimum Gasteiger partial charge on any atom is -0.496 e. The minimum atomic E-state index is 0.496. The maximum atomic E-state index is 5.51. The van der Waals surface area contributed by atoms with E-state index in [1.165, 1.54) is 11.3 Å². The van der Waals surface area contributed by atoms with Crippen LogP contribution in [-0.4, -0.2) is 87.1 Å². The van der Waals surface area contributed by atoms with Gasteiger partial charge in [0.25, 0.3) is 0 Å². The van der Waals surface area contributed by atoms with Crippen molar-refractivity contribution >= 4 is 17.7 Å². The summed E-state index contributed by atoms with van der Waals surface area (Å²) in [7, 11) is 1.73. The molecular weight excluding hydrogens is 384 g/mol. The summed E-state index contributed by atoms with van der Waals surface area (Å²) >= 11 is 1.85. The Morgan fingerprint density at radius 3 is 2.86 bits per heavy atom. The number of guanidine groups is 1. The van der Waals surface area contributed by atoms with Crippen LogP contribution < -0.4 is 10.1 Å². The van der Waals surface area contributed by atoms with Crippen molar-refractivity contribution in [3.05, 3.63) is 24.3 Å². The van der Waals surface area contributed by atoms with Gasteiger partial charge in [0.05, 0.1) is 20.3 Å². The molecule has 1 N–H and O–H groups in total. The normalized spacial score (nSPS) is 22.0. The number of para-hydroxylation sites is 1. The molecule has 1 aromatic carbocycles. The number of nitrogens with zero attached hydrogens (tertiary/aromatic N) is 3. The topological polar surface area (TPSA) is 49.3 Å². The number of aliphatic imine (C=N–C) groups is 1. The van der Waals surface area contributed by atoms with Crippen molar-refractivity contribution in [3.8, 4) is 5.75 Å². The largest absolute Gasteiger partial charge is 0.496 e. The number of hydrogen-bond acceptors (Lipinski definition) is 5. The van der Waals surface area contributed by atoms with Crippen LogP contribution >= 0.6 is 11.8 Å². The molecule has 2 fully saturated rings. The average molecular weight is 421 g/mol. The quantitative estimate of drug-likeness (QED) is 0.397. The number of morpholine rings is 1. The molecule has 7 heteroatoms. The van der Waals surface area contributed by atoms with Gasteiger partial charge >= 0.3 is 0 Å². The van der Waals surface area contributed by atoms with Gasteiger partial charge in [0.1, 0.15) is 5.75 Å². The van der Waals surface area contributed by atoms with Gasteiger partial charge in [0.15, 0.2) is 5.96 Å². The van der Waals surface area contributed by atoms with E-state index in [-0.39, 0.29) is 0 Å². The smallest absolute Gasteiger partial charge is 0.193 e. The molecule has 2 atom stereocenters. The van der Waals surface area contributed by atoms with E-state index >= 15 is 0 Å². The number of rotatable bonds is 8. The Balaban J connectivity index is 1.50. The van der Waals surface area contributed by atoms with Crippen molar-refractivity contribution in [1.82, 2.24) is 15.1 Å². The summed E-state index contributed by atoms with van der Waals surface area (Å²) in [4.78, 5) is 11.2. The van der Waals surface area contributed by atoms with E-state index < -0.39 is 0 Å². The molecule has 0 bridgehead atoms. The number of ether oxygens (including phenoxy) is 2. The summed E-state index contributed by atoms with van der Waals surface area (Å²) in [5.74, 6) is 3.54. The van der Waals surface area contributed by atoms with Gasteiger partial charge in [-0.2, -0.15) is 0 Å². The van der Waals surface area contributed by atoms with Gasteiger partial charge in [-0.05, 0) is 31.4 Å². The van der Waals surface area contributed by atoms with Gasteiger partial charge < -0.3 is 19.7 Å². The van der Waals surface area contributed by atoms with Crippen LogP contribution in [0.2, 0.25) is 0 Å². The van der Waals surface area contributed by atoms with E-state index in [1.807, 2.05) is 23.9 Å². The van der Waals surface area contributed by atoms with Gasteiger partial charge in [-0.1, -0.05) is 19.1 Å². The van der Waals surface area contributed by atoms with Crippen LogP contribution in [0.15, 0.2) is 34.2 Å². The predicted octanol–water partition coefficient (Wildman–Crippen LogP) is 2.80. The van der Waals surface area contributed by atoms with Gasteiger partial charge in [-0.3, -0.25) is 9.89 Å². The molecule has 0 aromatic heterocycles. The fourth-order valence-corrected chi connectivity index (χ4v) is 4.90. The molecule has 162 valence electrons. The molecule has 0 aliphatic carbocycles. The highest BCUT2D eigenvalue weighted by molar-refractivity contribution is 7.99. The molecule has 6 nitrogen and oxygen atoms in total. The number of thioether (sulfide) groups is 1. The van der Waals surface area contributed by atoms with Crippen molar-refractivity contribution in [1.29, 1.82) is 0 Å². The lowest BCUT2D eigenvalue weighted by Gasteiger charge is -2.32. The predicted molar refractivity (Wildman–Crippen MR) is 121 cm³/mol. The first-order chi connectivity index (χ1) is 14.2. The first kappa shape index (κ1) is 22.2. The Hall–Kier alpha value is -1.44. The third-order valence-electron chi connectivity index (χ3n) is 5.51. The molecule has 2 unspecified atom stereocenters. The van der Waals surface area contributed by atoms with Crippen LogP contribution in [0.5, 0.6) is 5.75 Å². The lowest BCUT2D eigenvalue weighted by molar-refractivity contribution is 0.0195. The Labute approximate surface area is 180 Å². The fraction of sp³-hybridized carbons (Fsp3) is 0.682. The highest BCUT2D eigenvalue weighted by atomic mass is 32.2. The molecule has 2 heterocycles. The summed E-state index contributed by atoms with van der Waals surface area (Å²) in [6, 6.07) is 8.85. The monoisotopic (exact) mass is 420 g/mol. The van der Waals surface area contributed by atoms with Crippen LogP contribution in [0.3, 0.4) is 0 Å². The Bertz CT molecular complexity index is 651.